The molecule has 1 atom stereocenters. The Hall–Kier alpha value is -1.60. The topological polar surface area (TPSA) is 20.2 Å². The number of aliphatic hydroxyl groups excluding tert-OH is 1. The zero-order valence-corrected chi connectivity index (χ0v) is 12.6. The van der Waals surface area contributed by atoms with Crippen molar-refractivity contribution < 1.29 is 5.11 Å². The molecule has 1 N–H and O–H groups in total. The molecule has 21 heavy (non-hydrogen) atoms. The number of benzene rings is 2. The molecule has 0 aliphatic heterocycles. The molecule has 1 unspecified atom stereocenters. The van der Waals surface area contributed by atoms with Crippen molar-refractivity contribution in [2.45, 2.75) is 44.4 Å². The molecule has 2 aromatic carbocycles. The molecular formula is C20H24O. The molecule has 1 aliphatic carbocycles. The van der Waals surface area contributed by atoms with Crippen molar-refractivity contribution in [1.82, 2.24) is 0 Å². The van der Waals surface area contributed by atoms with Crippen molar-refractivity contribution in [3.8, 4) is 0 Å². The summed E-state index contributed by atoms with van der Waals surface area (Å²) in [6.45, 7) is 0.327. The van der Waals surface area contributed by atoms with Crippen molar-refractivity contribution in [2.75, 3.05) is 6.61 Å². The maximum atomic E-state index is 8.94. The van der Waals surface area contributed by atoms with Gasteiger partial charge in [0.05, 0.1) is 0 Å². The van der Waals surface area contributed by atoms with Crippen molar-refractivity contribution in [3.05, 3.63) is 70.8 Å². The van der Waals surface area contributed by atoms with E-state index in [0.29, 0.717) is 12.5 Å². The Labute approximate surface area is 127 Å². The van der Waals surface area contributed by atoms with Gasteiger partial charge in [0.1, 0.15) is 0 Å². The fourth-order valence-corrected chi connectivity index (χ4v) is 3.48. The van der Waals surface area contributed by atoms with Crippen molar-refractivity contribution in [1.29, 1.82) is 0 Å². The van der Waals surface area contributed by atoms with Gasteiger partial charge in [0.25, 0.3) is 0 Å². The Morgan fingerprint density at radius 3 is 2.62 bits per heavy atom. The average Bonchev–Trinajstić information content (AvgIpc) is 2.91. The van der Waals surface area contributed by atoms with E-state index in [2.05, 4.69) is 48.5 Å². The minimum atomic E-state index is 0.327. The van der Waals surface area contributed by atoms with E-state index < -0.39 is 0 Å². The number of unbranched alkanes of at least 4 members (excludes halogenated alkanes) is 1. The highest BCUT2D eigenvalue weighted by Crippen LogP contribution is 2.37. The molecule has 1 aliphatic rings. The summed E-state index contributed by atoms with van der Waals surface area (Å²) in [5, 5.41) is 8.94. The third-order valence-corrected chi connectivity index (χ3v) is 4.62. The first-order chi connectivity index (χ1) is 10.4. The number of fused-ring (bicyclic) bond motifs is 1. The van der Waals surface area contributed by atoms with Crippen LogP contribution in [0.15, 0.2) is 48.5 Å². The average molecular weight is 280 g/mol. The summed E-state index contributed by atoms with van der Waals surface area (Å²) < 4.78 is 0. The van der Waals surface area contributed by atoms with Gasteiger partial charge in [-0.05, 0) is 60.3 Å². The van der Waals surface area contributed by atoms with Gasteiger partial charge in [-0.1, -0.05) is 55.0 Å². The Kier molecular flexibility index (Phi) is 4.72. The molecule has 0 amide bonds. The quantitative estimate of drug-likeness (QED) is 0.774. The SMILES string of the molecule is OCCCCC1CCc2ccc(Cc3ccccc3)cc21. The lowest BCUT2D eigenvalue weighted by Gasteiger charge is -2.12. The summed E-state index contributed by atoms with van der Waals surface area (Å²) in [6, 6.07) is 17.8. The molecule has 1 heteroatoms. The molecular weight excluding hydrogens is 256 g/mol. The minimum Gasteiger partial charge on any atom is -0.396 e. The Morgan fingerprint density at radius 2 is 1.81 bits per heavy atom. The molecule has 0 bridgehead atoms. The van der Waals surface area contributed by atoms with E-state index in [9.17, 15) is 0 Å². The number of hydrogen-bond acceptors (Lipinski definition) is 1. The van der Waals surface area contributed by atoms with E-state index in [0.717, 1.165) is 19.3 Å². The molecule has 0 spiro atoms. The molecule has 2 aromatic rings. The normalized spacial score (nSPS) is 16.9. The van der Waals surface area contributed by atoms with Gasteiger partial charge in [0.15, 0.2) is 0 Å². The van der Waals surface area contributed by atoms with Gasteiger partial charge < -0.3 is 5.11 Å². The number of rotatable bonds is 6. The van der Waals surface area contributed by atoms with Crippen LogP contribution in [0.2, 0.25) is 0 Å². The van der Waals surface area contributed by atoms with Crippen LogP contribution in [-0.4, -0.2) is 11.7 Å². The zero-order valence-electron chi connectivity index (χ0n) is 12.6. The molecule has 0 saturated heterocycles. The first kappa shape index (κ1) is 14.3. The van der Waals surface area contributed by atoms with Crippen LogP contribution in [0.5, 0.6) is 0 Å². The summed E-state index contributed by atoms with van der Waals surface area (Å²) >= 11 is 0. The first-order valence-electron chi connectivity index (χ1n) is 8.13. The second-order valence-electron chi connectivity index (χ2n) is 6.15. The minimum absolute atomic E-state index is 0.327. The fraction of sp³-hybridized carbons (Fsp3) is 0.400. The van der Waals surface area contributed by atoms with Gasteiger partial charge in [-0.25, -0.2) is 0 Å². The Balaban J connectivity index is 1.72. The summed E-state index contributed by atoms with van der Waals surface area (Å²) in [4.78, 5) is 0. The highest BCUT2D eigenvalue weighted by atomic mass is 16.2. The van der Waals surface area contributed by atoms with Crippen LogP contribution in [0.3, 0.4) is 0 Å². The van der Waals surface area contributed by atoms with Gasteiger partial charge >= 0.3 is 0 Å². The Morgan fingerprint density at radius 1 is 0.952 bits per heavy atom. The van der Waals surface area contributed by atoms with Crippen LogP contribution in [0, 0.1) is 0 Å². The van der Waals surface area contributed by atoms with Gasteiger partial charge in [0.2, 0.25) is 0 Å². The van der Waals surface area contributed by atoms with Gasteiger partial charge in [-0.3, -0.25) is 0 Å². The van der Waals surface area contributed by atoms with E-state index in [4.69, 9.17) is 5.11 Å². The first-order valence-corrected chi connectivity index (χ1v) is 8.13. The number of aryl methyl sites for hydroxylation is 1. The van der Waals surface area contributed by atoms with Gasteiger partial charge in [-0.2, -0.15) is 0 Å². The lowest BCUT2D eigenvalue weighted by atomic mass is 9.93. The highest BCUT2D eigenvalue weighted by Gasteiger charge is 2.22. The summed E-state index contributed by atoms with van der Waals surface area (Å²) in [7, 11) is 0. The summed E-state index contributed by atoms with van der Waals surface area (Å²) in [6.07, 6.45) is 6.85. The highest BCUT2D eigenvalue weighted by molar-refractivity contribution is 5.40. The molecule has 110 valence electrons. The molecule has 3 rings (SSSR count). The van der Waals surface area contributed by atoms with Crippen molar-refractivity contribution >= 4 is 0 Å². The Bertz CT molecular complexity index is 574. The van der Waals surface area contributed by atoms with Crippen LogP contribution in [0.4, 0.5) is 0 Å². The third kappa shape index (κ3) is 3.54. The maximum absolute atomic E-state index is 8.94. The second-order valence-corrected chi connectivity index (χ2v) is 6.15. The molecule has 0 saturated carbocycles. The molecule has 1 nitrogen and oxygen atoms in total. The lowest BCUT2D eigenvalue weighted by Crippen LogP contribution is -1.97. The zero-order chi connectivity index (χ0) is 14.5. The molecule has 0 aromatic heterocycles. The fourth-order valence-electron chi connectivity index (χ4n) is 3.48. The van der Waals surface area contributed by atoms with E-state index in [1.165, 1.54) is 30.4 Å². The molecule has 0 heterocycles. The maximum Gasteiger partial charge on any atom is 0.0431 e. The van der Waals surface area contributed by atoms with E-state index in [-0.39, 0.29) is 0 Å². The van der Waals surface area contributed by atoms with Crippen LogP contribution in [-0.2, 0) is 12.8 Å². The van der Waals surface area contributed by atoms with Gasteiger partial charge in [0, 0.05) is 6.61 Å². The summed E-state index contributed by atoms with van der Waals surface area (Å²) in [5.41, 5.74) is 5.92. The van der Waals surface area contributed by atoms with E-state index in [1.54, 1.807) is 11.1 Å². The molecule has 0 radical (unpaired) electrons. The number of aliphatic hydroxyl groups is 1. The van der Waals surface area contributed by atoms with Crippen molar-refractivity contribution in [2.24, 2.45) is 0 Å². The second kappa shape index (κ2) is 6.91. The van der Waals surface area contributed by atoms with Crippen molar-refractivity contribution in [3.63, 3.8) is 0 Å². The van der Waals surface area contributed by atoms with Crippen LogP contribution >= 0.6 is 0 Å². The number of hydrogen-bond donors (Lipinski definition) is 1. The smallest absolute Gasteiger partial charge is 0.0431 e. The van der Waals surface area contributed by atoms with Crippen LogP contribution in [0.1, 0.15) is 53.9 Å². The largest absolute Gasteiger partial charge is 0.396 e. The third-order valence-electron chi connectivity index (χ3n) is 4.62. The van der Waals surface area contributed by atoms with Gasteiger partial charge in [-0.15, -0.1) is 0 Å². The monoisotopic (exact) mass is 280 g/mol. The summed E-state index contributed by atoms with van der Waals surface area (Å²) in [5.74, 6) is 0.710. The molecule has 0 fully saturated rings. The standard InChI is InChI=1S/C20H24O/c21-13-5-4-8-18-11-12-19-10-9-17(15-20(18)19)14-16-6-2-1-3-7-16/h1-3,6-7,9-10,15,18,21H,4-5,8,11-14H2. The van der Waals surface area contributed by atoms with Crippen LogP contribution in [0.25, 0.3) is 0 Å². The predicted molar refractivity (Wildman–Crippen MR) is 87.7 cm³/mol. The van der Waals surface area contributed by atoms with E-state index >= 15 is 0 Å². The predicted octanol–water partition coefficient (Wildman–Crippen LogP) is 4.47. The van der Waals surface area contributed by atoms with E-state index in [1.807, 2.05) is 0 Å². The van der Waals surface area contributed by atoms with Crippen LogP contribution < -0.4 is 0 Å². The lowest BCUT2D eigenvalue weighted by molar-refractivity contribution is 0.281.